The fourth-order valence-corrected chi connectivity index (χ4v) is 3.25. The molecule has 0 fully saturated rings. The molecule has 0 saturated carbocycles. The number of nitrogens with one attached hydrogen (secondary N) is 2. The number of nitrogens with zero attached hydrogens (tertiary/aromatic N) is 1. The Morgan fingerprint density at radius 3 is 3.04 bits per heavy atom. The second-order valence-electron chi connectivity index (χ2n) is 5.42. The number of hydrogen-bond donors (Lipinski definition) is 2. The van der Waals surface area contributed by atoms with Crippen LogP contribution >= 0.6 is 11.3 Å². The molecule has 1 aromatic carbocycles. The minimum atomic E-state index is -0.375. The third-order valence-electron chi connectivity index (χ3n) is 3.57. The van der Waals surface area contributed by atoms with E-state index in [0.717, 1.165) is 6.42 Å². The average Bonchev–Trinajstić information content (AvgIpc) is 2.90. The third kappa shape index (κ3) is 3.70. The van der Waals surface area contributed by atoms with Gasteiger partial charge in [0.2, 0.25) is 5.91 Å². The number of amides is 2. The minimum Gasteiger partial charge on any atom is -0.493 e. The highest BCUT2D eigenvalue weighted by molar-refractivity contribution is 7.14. The van der Waals surface area contributed by atoms with Gasteiger partial charge in [0.05, 0.1) is 12.6 Å². The SMILES string of the molecule is CC(=O)Nc1nc(C(=O)N[C@H]2CCCOc3ccc(F)cc32)cs1. The van der Waals surface area contributed by atoms with Crippen molar-refractivity contribution in [3.8, 4) is 5.75 Å². The van der Waals surface area contributed by atoms with Crippen LogP contribution in [0.4, 0.5) is 9.52 Å². The molecule has 0 spiro atoms. The fourth-order valence-electron chi connectivity index (χ4n) is 2.52. The normalized spacial score (nSPS) is 16.5. The van der Waals surface area contributed by atoms with Crippen LogP contribution in [0.1, 0.15) is 41.9 Å². The number of rotatable bonds is 3. The summed E-state index contributed by atoms with van der Waals surface area (Å²) in [6, 6.07) is 3.95. The summed E-state index contributed by atoms with van der Waals surface area (Å²) in [5, 5.41) is 7.34. The molecule has 126 valence electrons. The molecular formula is C16H16FN3O3S. The minimum absolute atomic E-state index is 0.215. The zero-order chi connectivity index (χ0) is 17.1. The molecule has 0 bridgehead atoms. The Labute approximate surface area is 142 Å². The van der Waals surface area contributed by atoms with Crippen molar-refractivity contribution < 1.29 is 18.7 Å². The Bertz CT molecular complexity index is 778. The summed E-state index contributed by atoms with van der Waals surface area (Å²) >= 11 is 1.17. The molecule has 1 aliphatic heterocycles. The largest absolute Gasteiger partial charge is 0.493 e. The third-order valence-corrected chi connectivity index (χ3v) is 4.32. The topological polar surface area (TPSA) is 80.3 Å². The molecule has 2 heterocycles. The number of thiazole rings is 1. The molecular weight excluding hydrogens is 333 g/mol. The second kappa shape index (κ2) is 6.96. The van der Waals surface area contributed by atoms with Crippen LogP contribution in [0.3, 0.4) is 0 Å². The lowest BCUT2D eigenvalue weighted by Crippen LogP contribution is -2.28. The summed E-state index contributed by atoms with van der Waals surface area (Å²) < 4.78 is 19.2. The first kappa shape index (κ1) is 16.4. The number of carbonyl (C=O) groups excluding carboxylic acids is 2. The van der Waals surface area contributed by atoms with Crippen molar-refractivity contribution >= 4 is 28.3 Å². The van der Waals surface area contributed by atoms with Gasteiger partial charge in [0, 0.05) is 17.9 Å². The van der Waals surface area contributed by atoms with Crippen LogP contribution in [0.25, 0.3) is 0 Å². The van der Waals surface area contributed by atoms with Crippen molar-refractivity contribution in [3.05, 3.63) is 40.7 Å². The average molecular weight is 349 g/mol. The maximum Gasteiger partial charge on any atom is 0.271 e. The van der Waals surface area contributed by atoms with Gasteiger partial charge >= 0.3 is 0 Å². The monoisotopic (exact) mass is 349 g/mol. The first-order chi connectivity index (χ1) is 11.5. The molecule has 0 unspecified atom stereocenters. The first-order valence-corrected chi connectivity index (χ1v) is 8.37. The van der Waals surface area contributed by atoms with E-state index in [1.807, 2.05) is 0 Å². The zero-order valence-corrected chi connectivity index (χ0v) is 13.8. The molecule has 0 aliphatic carbocycles. The summed E-state index contributed by atoms with van der Waals surface area (Å²) in [5.41, 5.74) is 0.838. The molecule has 8 heteroatoms. The maximum absolute atomic E-state index is 13.6. The number of ether oxygens (including phenoxy) is 1. The number of fused-ring (bicyclic) bond motifs is 1. The number of anilines is 1. The summed E-state index contributed by atoms with van der Waals surface area (Å²) in [7, 11) is 0. The highest BCUT2D eigenvalue weighted by atomic mass is 32.1. The number of halogens is 1. The molecule has 3 rings (SSSR count). The van der Waals surface area contributed by atoms with E-state index < -0.39 is 0 Å². The van der Waals surface area contributed by atoms with Crippen molar-refractivity contribution in [2.45, 2.75) is 25.8 Å². The first-order valence-electron chi connectivity index (χ1n) is 7.49. The highest BCUT2D eigenvalue weighted by Crippen LogP contribution is 2.32. The van der Waals surface area contributed by atoms with E-state index in [1.54, 1.807) is 11.4 Å². The van der Waals surface area contributed by atoms with Gasteiger partial charge in [-0.25, -0.2) is 9.37 Å². The van der Waals surface area contributed by atoms with Crippen LogP contribution in [0.5, 0.6) is 5.75 Å². The van der Waals surface area contributed by atoms with Crippen molar-refractivity contribution in [2.75, 3.05) is 11.9 Å². The fraction of sp³-hybridized carbons (Fsp3) is 0.312. The van der Waals surface area contributed by atoms with Crippen LogP contribution in [0.2, 0.25) is 0 Å². The van der Waals surface area contributed by atoms with E-state index in [2.05, 4.69) is 15.6 Å². The lowest BCUT2D eigenvalue weighted by molar-refractivity contribution is -0.114. The summed E-state index contributed by atoms with van der Waals surface area (Å²) in [6.07, 6.45) is 1.39. The standard InChI is InChI=1S/C16H16FN3O3S/c1-9(21)18-16-20-13(8-24-16)15(22)19-12-3-2-6-23-14-5-4-10(17)7-11(12)14/h4-5,7-8,12H,2-3,6H2,1H3,(H,19,22)(H,18,20,21)/t12-/m0/s1. The van der Waals surface area contributed by atoms with Crippen LogP contribution in [0, 0.1) is 5.82 Å². The molecule has 1 atom stereocenters. The van der Waals surface area contributed by atoms with Gasteiger partial charge in [0.25, 0.3) is 5.91 Å². The van der Waals surface area contributed by atoms with E-state index in [4.69, 9.17) is 4.74 Å². The highest BCUT2D eigenvalue weighted by Gasteiger charge is 2.23. The zero-order valence-electron chi connectivity index (χ0n) is 13.0. The molecule has 24 heavy (non-hydrogen) atoms. The van der Waals surface area contributed by atoms with E-state index in [0.29, 0.717) is 29.5 Å². The smallest absolute Gasteiger partial charge is 0.271 e. The maximum atomic E-state index is 13.6. The molecule has 0 saturated heterocycles. The van der Waals surface area contributed by atoms with Gasteiger partial charge in [-0.2, -0.15) is 0 Å². The number of benzene rings is 1. The van der Waals surface area contributed by atoms with Crippen molar-refractivity contribution in [1.29, 1.82) is 0 Å². The Morgan fingerprint density at radius 2 is 2.25 bits per heavy atom. The molecule has 6 nitrogen and oxygen atoms in total. The number of hydrogen-bond acceptors (Lipinski definition) is 5. The van der Waals surface area contributed by atoms with E-state index in [9.17, 15) is 14.0 Å². The Hall–Kier alpha value is -2.48. The van der Waals surface area contributed by atoms with Gasteiger partial charge in [-0.3, -0.25) is 9.59 Å². The Kier molecular flexibility index (Phi) is 4.75. The van der Waals surface area contributed by atoms with Crippen LogP contribution in [-0.2, 0) is 4.79 Å². The van der Waals surface area contributed by atoms with Gasteiger partial charge in [-0.05, 0) is 31.0 Å². The van der Waals surface area contributed by atoms with Gasteiger partial charge in [-0.15, -0.1) is 11.3 Å². The number of carbonyl (C=O) groups is 2. The van der Waals surface area contributed by atoms with Crippen molar-refractivity contribution in [3.63, 3.8) is 0 Å². The van der Waals surface area contributed by atoms with Crippen molar-refractivity contribution in [2.24, 2.45) is 0 Å². The lowest BCUT2D eigenvalue weighted by atomic mass is 10.0. The van der Waals surface area contributed by atoms with Crippen LogP contribution in [-0.4, -0.2) is 23.4 Å². The molecule has 2 amide bonds. The predicted molar refractivity (Wildman–Crippen MR) is 87.8 cm³/mol. The lowest BCUT2D eigenvalue weighted by Gasteiger charge is -2.17. The second-order valence-corrected chi connectivity index (χ2v) is 6.28. The quantitative estimate of drug-likeness (QED) is 0.893. The van der Waals surface area contributed by atoms with Gasteiger partial charge in [-0.1, -0.05) is 0 Å². The number of aromatic nitrogens is 1. The summed E-state index contributed by atoms with van der Waals surface area (Å²) in [6.45, 7) is 1.90. The van der Waals surface area contributed by atoms with E-state index >= 15 is 0 Å². The molecule has 0 radical (unpaired) electrons. The van der Waals surface area contributed by atoms with E-state index in [-0.39, 0.29) is 29.4 Å². The molecule has 2 aromatic rings. The predicted octanol–water partition coefficient (Wildman–Crippen LogP) is 2.88. The van der Waals surface area contributed by atoms with Gasteiger partial charge in [0.1, 0.15) is 17.3 Å². The van der Waals surface area contributed by atoms with Crippen LogP contribution in [0.15, 0.2) is 23.6 Å². The molecule has 2 N–H and O–H groups in total. The Morgan fingerprint density at radius 1 is 1.42 bits per heavy atom. The van der Waals surface area contributed by atoms with E-state index in [1.165, 1.54) is 30.4 Å². The summed E-state index contributed by atoms with van der Waals surface area (Å²) in [5.74, 6) is -0.414. The molecule has 1 aliphatic rings. The Balaban J connectivity index is 1.78. The van der Waals surface area contributed by atoms with Crippen LogP contribution < -0.4 is 15.4 Å². The van der Waals surface area contributed by atoms with Gasteiger partial charge < -0.3 is 15.4 Å². The van der Waals surface area contributed by atoms with Crippen molar-refractivity contribution in [1.82, 2.24) is 10.3 Å². The van der Waals surface area contributed by atoms with Gasteiger partial charge in [0.15, 0.2) is 5.13 Å². The summed E-state index contributed by atoms with van der Waals surface area (Å²) in [4.78, 5) is 27.5. The molecule has 1 aromatic heterocycles.